The smallest absolute Gasteiger partial charge is 0.224 e. The topological polar surface area (TPSA) is 68.3 Å². The number of nitrogens with zero attached hydrogens (tertiary/aromatic N) is 2. The molecule has 0 aliphatic carbocycles. The Balaban J connectivity index is 2.05. The van der Waals surface area contributed by atoms with Crippen molar-refractivity contribution in [2.24, 2.45) is 0 Å². The van der Waals surface area contributed by atoms with Crippen LogP contribution in [0.3, 0.4) is 0 Å². The molecule has 0 radical (unpaired) electrons. The second-order valence-corrected chi connectivity index (χ2v) is 4.52. The summed E-state index contributed by atoms with van der Waals surface area (Å²) in [4.78, 5) is 8.54. The van der Waals surface area contributed by atoms with Gasteiger partial charge in [-0.25, -0.2) is 4.98 Å². The third-order valence-corrected chi connectivity index (χ3v) is 3.27. The predicted molar refractivity (Wildman–Crippen MR) is 70.0 cm³/mol. The van der Waals surface area contributed by atoms with Crippen LogP contribution in [0.1, 0.15) is 12.0 Å². The highest BCUT2D eigenvalue weighted by molar-refractivity contribution is 5.46. The average molecular weight is 252 g/mol. The van der Waals surface area contributed by atoms with Crippen molar-refractivity contribution in [2.45, 2.75) is 18.9 Å². The first-order valence-corrected chi connectivity index (χ1v) is 6.07. The van der Waals surface area contributed by atoms with Crippen molar-refractivity contribution in [1.82, 2.24) is 9.97 Å². The molecule has 1 fully saturated rings. The van der Waals surface area contributed by atoms with Gasteiger partial charge in [0.15, 0.2) is 0 Å². The third kappa shape index (κ3) is 2.70. The van der Waals surface area contributed by atoms with E-state index in [1.165, 1.54) is 0 Å². The van der Waals surface area contributed by atoms with Crippen LogP contribution in [0.5, 0.6) is 0 Å². The minimum Gasteiger partial charge on any atom is -0.378 e. The lowest BCUT2D eigenvalue weighted by Gasteiger charge is -2.26. The number of nitrogens with one attached hydrogen (secondary N) is 2. The minimum atomic E-state index is -0.239. The van der Waals surface area contributed by atoms with Gasteiger partial charge in [0.2, 0.25) is 5.95 Å². The van der Waals surface area contributed by atoms with Gasteiger partial charge in [-0.1, -0.05) is 0 Å². The number of ether oxygens (including phenoxy) is 2. The second-order valence-electron chi connectivity index (χ2n) is 4.52. The normalized spacial score (nSPS) is 23.1. The highest BCUT2D eigenvalue weighted by atomic mass is 16.5. The van der Waals surface area contributed by atoms with E-state index in [1.54, 1.807) is 20.4 Å². The monoisotopic (exact) mass is 252 g/mol. The number of anilines is 2. The van der Waals surface area contributed by atoms with Crippen LogP contribution in [0.2, 0.25) is 0 Å². The van der Waals surface area contributed by atoms with Crippen molar-refractivity contribution < 1.29 is 9.47 Å². The molecule has 0 amide bonds. The Hall–Kier alpha value is -1.40. The van der Waals surface area contributed by atoms with Gasteiger partial charge in [-0.3, -0.25) is 0 Å². The van der Waals surface area contributed by atoms with E-state index in [4.69, 9.17) is 9.47 Å². The predicted octanol–water partition coefficient (Wildman–Crippen LogP) is 1.04. The van der Waals surface area contributed by atoms with E-state index in [-0.39, 0.29) is 5.60 Å². The Morgan fingerprint density at radius 2 is 2.39 bits per heavy atom. The molecule has 100 valence electrons. The van der Waals surface area contributed by atoms with E-state index < -0.39 is 0 Å². The number of aromatic nitrogens is 2. The van der Waals surface area contributed by atoms with Gasteiger partial charge in [0.05, 0.1) is 6.61 Å². The van der Waals surface area contributed by atoms with Gasteiger partial charge >= 0.3 is 0 Å². The van der Waals surface area contributed by atoms with E-state index in [2.05, 4.69) is 20.6 Å². The summed E-state index contributed by atoms with van der Waals surface area (Å²) in [6, 6.07) is 0. The van der Waals surface area contributed by atoms with Gasteiger partial charge < -0.3 is 20.1 Å². The second kappa shape index (κ2) is 5.49. The van der Waals surface area contributed by atoms with Gasteiger partial charge in [0, 0.05) is 45.5 Å². The van der Waals surface area contributed by atoms with E-state index in [9.17, 15) is 0 Å². The third-order valence-electron chi connectivity index (χ3n) is 3.27. The molecule has 1 aromatic rings. The lowest BCUT2D eigenvalue weighted by Crippen LogP contribution is -2.39. The number of rotatable bonds is 5. The van der Waals surface area contributed by atoms with Gasteiger partial charge in [-0.2, -0.15) is 4.98 Å². The van der Waals surface area contributed by atoms with Crippen LogP contribution >= 0.6 is 0 Å². The molecule has 1 unspecified atom stereocenters. The maximum Gasteiger partial charge on any atom is 0.224 e. The zero-order chi connectivity index (χ0) is 13.0. The molecule has 0 bridgehead atoms. The Bertz CT molecular complexity index is 405. The first-order chi connectivity index (χ1) is 8.69. The Morgan fingerprint density at radius 3 is 3.00 bits per heavy atom. The van der Waals surface area contributed by atoms with E-state index in [0.29, 0.717) is 19.1 Å². The van der Waals surface area contributed by atoms with Crippen molar-refractivity contribution >= 4 is 11.8 Å². The van der Waals surface area contributed by atoms with Crippen molar-refractivity contribution in [3.63, 3.8) is 0 Å². The Morgan fingerprint density at radius 1 is 1.56 bits per heavy atom. The summed E-state index contributed by atoms with van der Waals surface area (Å²) in [5.74, 6) is 1.44. The maximum atomic E-state index is 5.57. The summed E-state index contributed by atoms with van der Waals surface area (Å²) in [5.41, 5.74) is 0.774. The van der Waals surface area contributed by atoms with Crippen LogP contribution in [-0.2, 0) is 9.47 Å². The first kappa shape index (κ1) is 13.0. The SMILES string of the molecule is CNc1ncc(C)c(NCC2(OC)CCOC2)n1. The van der Waals surface area contributed by atoms with E-state index in [1.807, 2.05) is 6.92 Å². The molecule has 0 aromatic carbocycles. The minimum absolute atomic E-state index is 0.239. The number of methoxy groups -OCH3 is 1. The number of hydrogen-bond acceptors (Lipinski definition) is 6. The zero-order valence-electron chi connectivity index (χ0n) is 11.1. The molecule has 0 saturated carbocycles. The zero-order valence-corrected chi connectivity index (χ0v) is 11.1. The summed E-state index contributed by atoms with van der Waals surface area (Å²) < 4.78 is 11.0. The van der Waals surface area contributed by atoms with Gasteiger partial charge in [-0.15, -0.1) is 0 Å². The quantitative estimate of drug-likeness (QED) is 0.816. The maximum absolute atomic E-state index is 5.57. The molecule has 0 spiro atoms. The fourth-order valence-corrected chi connectivity index (χ4v) is 1.95. The molecule has 1 aliphatic heterocycles. The molecule has 1 aliphatic rings. The molecular weight excluding hydrogens is 232 g/mol. The van der Waals surface area contributed by atoms with E-state index >= 15 is 0 Å². The van der Waals surface area contributed by atoms with Crippen LogP contribution in [0.4, 0.5) is 11.8 Å². The fourth-order valence-electron chi connectivity index (χ4n) is 1.95. The van der Waals surface area contributed by atoms with Gasteiger partial charge in [0.1, 0.15) is 11.4 Å². The van der Waals surface area contributed by atoms with Crippen LogP contribution in [0.25, 0.3) is 0 Å². The fraction of sp³-hybridized carbons (Fsp3) is 0.667. The Kier molecular flexibility index (Phi) is 3.98. The molecule has 18 heavy (non-hydrogen) atoms. The first-order valence-electron chi connectivity index (χ1n) is 6.07. The standard InChI is InChI=1S/C12H20N4O2/c1-9-6-14-11(13-2)16-10(9)15-7-12(17-3)4-5-18-8-12/h6H,4-5,7-8H2,1-3H3,(H2,13,14,15,16). The van der Waals surface area contributed by atoms with Crippen LogP contribution in [-0.4, -0.2) is 49.5 Å². The largest absolute Gasteiger partial charge is 0.378 e. The van der Waals surface area contributed by atoms with Crippen molar-refractivity contribution in [1.29, 1.82) is 0 Å². The summed E-state index contributed by atoms with van der Waals surface area (Å²) in [6.07, 6.45) is 2.70. The summed E-state index contributed by atoms with van der Waals surface area (Å²) in [6.45, 7) is 4.04. The highest BCUT2D eigenvalue weighted by Crippen LogP contribution is 2.23. The molecule has 2 heterocycles. The molecule has 1 saturated heterocycles. The van der Waals surface area contributed by atoms with Crippen LogP contribution in [0.15, 0.2) is 6.20 Å². The molecule has 2 rings (SSSR count). The number of hydrogen-bond donors (Lipinski definition) is 2. The van der Waals surface area contributed by atoms with Crippen molar-refractivity contribution in [3.8, 4) is 0 Å². The molecule has 2 N–H and O–H groups in total. The average Bonchev–Trinajstić information content (AvgIpc) is 2.87. The molecular formula is C12H20N4O2. The summed E-state index contributed by atoms with van der Waals surface area (Å²) >= 11 is 0. The molecule has 1 atom stereocenters. The highest BCUT2D eigenvalue weighted by Gasteiger charge is 2.34. The van der Waals surface area contributed by atoms with Gasteiger partial charge in [0.25, 0.3) is 0 Å². The van der Waals surface area contributed by atoms with Gasteiger partial charge in [-0.05, 0) is 6.92 Å². The van der Waals surface area contributed by atoms with Crippen molar-refractivity contribution in [2.75, 3.05) is 44.5 Å². The van der Waals surface area contributed by atoms with Crippen LogP contribution < -0.4 is 10.6 Å². The summed E-state index contributed by atoms with van der Waals surface area (Å²) in [5, 5.41) is 6.25. The summed E-state index contributed by atoms with van der Waals surface area (Å²) in [7, 11) is 3.53. The Labute approximate surface area is 107 Å². The van der Waals surface area contributed by atoms with Crippen LogP contribution in [0, 0.1) is 6.92 Å². The lowest BCUT2D eigenvalue weighted by atomic mass is 10.0. The van der Waals surface area contributed by atoms with Crippen molar-refractivity contribution in [3.05, 3.63) is 11.8 Å². The molecule has 6 heteroatoms. The lowest BCUT2D eigenvalue weighted by molar-refractivity contribution is -0.00626. The van der Waals surface area contributed by atoms with E-state index in [0.717, 1.165) is 24.4 Å². The molecule has 6 nitrogen and oxygen atoms in total. The molecule has 1 aromatic heterocycles. The number of aryl methyl sites for hydroxylation is 1.